The van der Waals surface area contributed by atoms with Gasteiger partial charge in [-0.05, 0) is 23.8 Å². The standard InChI is InChI=1S/C6H7ClN2.C5H3F2N.CH4/c7-6-2-1-5(3-8)4-9-6;6-4-2-1-3-8-5(4)7;/h1-2,4H,3,8H2;1-3H;1H4. The van der Waals surface area contributed by atoms with E-state index in [1.165, 1.54) is 12.3 Å². The third kappa shape index (κ3) is 5.65. The summed E-state index contributed by atoms with van der Waals surface area (Å²) in [7, 11) is 0. The molecular weight excluding hydrogens is 260 g/mol. The zero-order valence-corrected chi connectivity index (χ0v) is 9.53. The average molecular weight is 274 g/mol. The molecule has 0 saturated heterocycles. The maximum atomic E-state index is 11.9. The van der Waals surface area contributed by atoms with Crippen molar-refractivity contribution in [2.75, 3.05) is 0 Å². The van der Waals surface area contributed by atoms with Crippen molar-refractivity contribution in [1.82, 2.24) is 9.97 Å². The molecule has 0 radical (unpaired) electrons. The van der Waals surface area contributed by atoms with Gasteiger partial charge in [-0.1, -0.05) is 25.1 Å². The fourth-order valence-electron chi connectivity index (χ4n) is 0.894. The summed E-state index contributed by atoms with van der Waals surface area (Å²) in [4.78, 5) is 6.87. The minimum absolute atomic E-state index is 0. The van der Waals surface area contributed by atoms with Crippen molar-refractivity contribution in [3.05, 3.63) is 59.1 Å². The van der Waals surface area contributed by atoms with Crippen LogP contribution in [-0.2, 0) is 6.54 Å². The van der Waals surface area contributed by atoms with Crippen molar-refractivity contribution in [1.29, 1.82) is 0 Å². The van der Waals surface area contributed by atoms with Crippen molar-refractivity contribution >= 4 is 11.6 Å². The number of halogens is 3. The van der Waals surface area contributed by atoms with Crippen LogP contribution in [-0.4, -0.2) is 9.97 Å². The van der Waals surface area contributed by atoms with Gasteiger partial charge in [-0.2, -0.15) is 4.39 Å². The molecule has 0 aliphatic rings. The van der Waals surface area contributed by atoms with Crippen LogP contribution in [0.5, 0.6) is 0 Å². The first-order chi connectivity index (χ1) is 8.13. The van der Waals surface area contributed by atoms with E-state index in [9.17, 15) is 8.78 Å². The van der Waals surface area contributed by atoms with Gasteiger partial charge < -0.3 is 5.73 Å². The van der Waals surface area contributed by atoms with Crippen molar-refractivity contribution in [2.45, 2.75) is 14.0 Å². The Labute approximate surface area is 110 Å². The topological polar surface area (TPSA) is 51.8 Å². The second-order valence-corrected chi connectivity index (χ2v) is 3.36. The monoisotopic (exact) mass is 273 g/mol. The number of hydrogen-bond acceptors (Lipinski definition) is 3. The largest absolute Gasteiger partial charge is 0.326 e. The van der Waals surface area contributed by atoms with Crippen molar-refractivity contribution in [3.63, 3.8) is 0 Å². The van der Waals surface area contributed by atoms with E-state index in [-0.39, 0.29) is 7.43 Å². The molecule has 0 spiro atoms. The van der Waals surface area contributed by atoms with Crippen LogP contribution < -0.4 is 5.73 Å². The summed E-state index contributed by atoms with van der Waals surface area (Å²) in [6.45, 7) is 0.518. The zero-order chi connectivity index (χ0) is 12.7. The third-order valence-electron chi connectivity index (χ3n) is 1.74. The van der Waals surface area contributed by atoms with Crippen LogP contribution in [0.1, 0.15) is 13.0 Å². The summed E-state index contributed by atoms with van der Waals surface area (Å²) in [5, 5.41) is 0.507. The van der Waals surface area contributed by atoms with Crippen LogP contribution in [0.4, 0.5) is 8.78 Å². The number of pyridine rings is 2. The van der Waals surface area contributed by atoms with Crippen LogP contribution >= 0.6 is 11.6 Å². The molecular formula is C12H14ClF2N3. The highest BCUT2D eigenvalue weighted by atomic mass is 35.5. The summed E-state index contributed by atoms with van der Waals surface area (Å²) in [6, 6.07) is 5.93. The Bertz CT molecular complexity index is 442. The van der Waals surface area contributed by atoms with Crippen LogP contribution in [0, 0.1) is 11.8 Å². The molecule has 98 valence electrons. The Hall–Kier alpha value is -1.59. The quantitative estimate of drug-likeness (QED) is 0.812. The molecule has 6 heteroatoms. The summed E-state index contributed by atoms with van der Waals surface area (Å²) < 4.78 is 23.7. The van der Waals surface area contributed by atoms with E-state index in [0.717, 1.165) is 11.6 Å². The smallest absolute Gasteiger partial charge is 0.248 e. The van der Waals surface area contributed by atoms with Gasteiger partial charge >= 0.3 is 0 Å². The molecule has 0 aromatic carbocycles. The van der Waals surface area contributed by atoms with Crippen LogP contribution in [0.2, 0.25) is 5.15 Å². The molecule has 2 N–H and O–H groups in total. The molecule has 2 aromatic heterocycles. The van der Waals surface area contributed by atoms with E-state index < -0.39 is 11.8 Å². The first-order valence-electron chi connectivity index (χ1n) is 4.70. The molecule has 0 unspecified atom stereocenters. The van der Waals surface area contributed by atoms with Crippen molar-refractivity contribution in [3.8, 4) is 0 Å². The van der Waals surface area contributed by atoms with Gasteiger partial charge in [0, 0.05) is 18.9 Å². The summed E-state index contributed by atoms with van der Waals surface area (Å²) in [5.41, 5.74) is 6.32. The van der Waals surface area contributed by atoms with Gasteiger partial charge in [-0.25, -0.2) is 14.4 Å². The fraction of sp³-hybridized carbons (Fsp3) is 0.167. The molecule has 0 saturated carbocycles. The minimum atomic E-state index is -1.05. The van der Waals surface area contributed by atoms with Gasteiger partial charge in [0.2, 0.25) is 5.95 Å². The van der Waals surface area contributed by atoms with E-state index in [1.807, 2.05) is 6.07 Å². The predicted octanol–water partition coefficient (Wildman–Crippen LogP) is 3.19. The number of aromatic nitrogens is 2. The first-order valence-corrected chi connectivity index (χ1v) is 5.08. The van der Waals surface area contributed by atoms with Crippen LogP contribution in [0.25, 0.3) is 0 Å². The normalized spacial score (nSPS) is 8.89. The van der Waals surface area contributed by atoms with E-state index in [2.05, 4.69) is 9.97 Å². The highest BCUT2D eigenvalue weighted by Crippen LogP contribution is 2.03. The Morgan fingerprint density at radius 2 is 1.89 bits per heavy atom. The molecule has 3 nitrogen and oxygen atoms in total. The lowest BCUT2D eigenvalue weighted by atomic mass is 10.3. The van der Waals surface area contributed by atoms with Gasteiger partial charge in [0.25, 0.3) is 0 Å². The molecule has 0 atom stereocenters. The molecule has 0 amide bonds. The van der Waals surface area contributed by atoms with Crippen molar-refractivity contribution in [2.24, 2.45) is 5.73 Å². The summed E-state index contributed by atoms with van der Waals surface area (Å²) in [5.74, 6) is -1.96. The molecule has 18 heavy (non-hydrogen) atoms. The lowest BCUT2D eigenvalue weighted by Gasteiger charge is -1.92. The number of hydrogen-bond donors (Lipinski definition) is 1. The van der Waals surface area contributed by atoms with Crippen LogP contribution in [0.15, 0.2) is 36.7 Å². The van der Waals surface area contributed by atoms with Gasteiger partial charge in [0.1, 0.15) is 5.15 Å². The summed E-state index contributed by atoms with van der Waals surface area (Å²) >= 11 is 5.52. The maximum absolute atomic E-state index is 11.9. The highest BCUT2D eigenvalue weighted by molar-refractivity contribution is 6.29. The fourth-order valence-corrected chi connectivity index (χ4v) is 1.01. The SMILES string of the molecule is C.Fc1cccnc1F.NCc1ccc(Cl)nc1. The molecule has 2 rings (SSSR count). The van der Waals surface area contributed by atoms with E-state index in [0.29, 0.717) is 11.7 Å². The Kier molecular flexibility index (Phi) is 7.74. The molecule has 2 heterocycles. The molecule has 0 fully saturated rings. The van der Waals surface area contributed by atoms with Gasteiger partial charge in [-0.3, -0.25) is 0 Å². The number of nitrogens with zero attached hydrogens (tertiary/aromatic N) is 2. The lowest BCUT2D eigenvalue weighted by Crippen LogP contribution is -1.95. The van der Waals surface area contributed by atoms with E-state index in [1.54, 1.807) is 12.3 Å². The zero-order valence-electron chi connectivity index (χ0n) is 8.78. The van der Waals surface area contributed by atoms with Gasteiger partial charge in [0.05, 0.1) is 0 Å². The Balaban J connectivity index is 0.000000306. The summed E-state index contributed by atoms with van der Waals surface area (Å²) in [6.07, 6.45) is 2.86. The van der Waals surface area contributed by atoms with Crippen molar-refractivity contribution < 1.29 is 8.78 Å². The molecule has 0 aliphatic carbocycles. The highest BCUT2D eigenvalue weighted by Gasteiger charge is 1.95. The average Bonchev–Trinajstić information content (AvgIpc) is 2.35. The second-order valence-electron chi connectivity index (χ2n) is 2.97. The van der Waals surface area contributed by atoms with Crippen LogP contribution in [0.3, 0.4) is 0 Å². The Morgan fingerprint density at radius 3 is 2.28 bits per heavy atom. The van der Waals surface area contributed by atoms with Gasteiger partial charge in [0.15, 0.2) is 5.82 Å². The second kappa shape index (κ2) is 8.49. The maximum Gasteiger partial charge on any atom is 0.248 e. The molecule has 0 aliphatic heterocycles. The Morgan fingerprint density at radius 1 is 1.17 bits per heavy atom. The minimum Gasteiger partial charge on any atom is -0.326 e. The van der Waals surface area contributed by atoms with Gasteiger partial charge in [-0.15, -0.1) is 0 Å². The van der Waals surface area contributed by atoms with E-state index >= 15 is 0 Å². The molecule has 2 aromatic rings. The van der Waals surface area contributed by atoms with E-state index in [4.69, 9.17) is 17.3 Å². The predicted molar refractivity (Wildman–Crippen MR) is 68.0 cm³/mol. The first kappa shape index (κ1) is 16.4. The number of nitrogens with two attached hydrogens (primary N) is 1. The lowest BCUT2D eigenvalue weighted by molar-refractivity contribution is 0.479. The third-order valence-corrected chi connectivity index (χ3v) is 1.96. The number of rotatable bonds is 1. The molecule has 0 bridgehead atoms.